The predicted molar refractivity (Wildman–Crippen MR) is 106 cm³/mol. The molecule has 148 valence electrons. The van der Waals surface area contributed by atoms with E-state index in [1.807, 2.05) is 56.5 Å². The van der Waals surface area contributed by atoms with Gasteiger partial charge >= 0.3 is 0 Å². The molecule has 0 bridgehead atoms. The summed E-state index contributed by atoms with van der Waals surface area (Å²) in [6.45, 7) is 8.67. The Bertz CT molecular complexity index is 750. The molecule has 0 aliphatic rings. The molecule has 2 rings (SSSR count). The highest BCUT2D eigenvalue weighted by Crippen LogP contribution is 2.31. The Labute approximate surface area is 164 Å². The lowest BCUT2D eigenvalue weighted by molar-refractivity contribution is -0.119. The highest BCUT2D eigenvalue weighted by Gasteiger charge is 2.20. The van der Waals surface area contributed by atoms with E-state index in [0.717, 1.165) is 6.42 Å². The van der Waals surface area contributed by atoms with Crippen LogP contribution in [-0.2, 0) is 11.3 Å². The van der Waals surface area contributed by atoms with Gasteiger partial charge in [0.25, 0.3) is 0 Å². The number of thioether (sulfide) groups is 1. The van der Waals surface area contributed by atoms with Gasteiger partial charge in [0.05, 0.1) is 12.9 Å². The minimum atomic E-state index is -0.308. The number of ether oxygens (including phenoxy) is 2. The molecule has 2 aromatic rings. The predicted octanol–water partition coefficient (Wildman–Crippen LogP) is 3.45. The summed E-state index contributed by atoms with van der Waals surface area (Å²) in [6, 6.07) is 7.67. The number of carbonyl (C=O) groups is 1. The van der Waals surface area contributed by atoms with Crippen molar-refractivity contribution >= 4 is 17.7 Å². The SMILES string of the molecule is CCC(C)NC(=O)CSc1nnc(C(C)Oc2ccccc2OC)n1CC. The number of para-hydroxylation sites is 2. The second kappa shape index (κ2) is 10.2. The average molecular weight is 393 g/mol. The van der Waals surface area contributed by atoms with E-state index >= 15 is 0 Å². The third-order valence-corrected chi connectivity index (χ3v) is 5.12. The van der Waals surface area contributed by atoms with Gasteiger partial charge in [-0.2, -0.15) is 0 Å². The summed E-state index contributed by atoms with van der Waals surface area (Å²) in [6.07, 6.45) is 0.598. The highest BCUT2D eigenvalue weighted by molar-refractivity contribution is 7.99. The first kappa shape index (κ1) is 21.1. The van der Waals surface area contributed by atoms with Crippen molar-refractivity contribution in [3.63, 3.8) is 0 Å². The number of hydrogen-bond acceptors (Lipinski definition) is 6. The summed E-state index contributed by atoms with van der Waals surface area (Å²) in [7, 11) is 1.61. The lowest BCUT2D eigenvalue weighted by Gasteiger charge is -2.17. The number of nitrogens with one attached hydrogen (secondary N) is 1. The molecule has 27 heavy (non-hydrogen) atoms. The molecule has 0 spiro atoms. The fraction of sp³-hybridized carbons (Fsp3) is 0.526. The van der Waals surface area contributed by atoms with Crippen LogP contribution in [0.25, 0.3) is 0 Å². The van der Waals surface area contributed by atoms with Crippen molar-refractivity contribution in [2.24, 2.45) is 0 Å². The molecule has 0 radical (unpaired) electrons. The van der Waals surface area contributed by atoms with Crippen LogP contribution < -0.4 is 14.8 Å². The zero-order valence-corrected chi connectivity index (χ0v) is 17.4. The van der Waals surface area contributed by atoms with E-state index in [0.29, 0.717) is 34.8 Å². The first-order valence-corrected chi connectivity index (χ1v) is 10.1. The number of nitrogens with zero attached hydrogens (tertiary/aromatic N) is 3. The van der Waals surface area contributed by atoms with Gasteiger partial charge in [-0.15, -0.1) is 10.2 Å². The summed E-state index contributed by atoms with van der Waals surface area (Å²) in [5.74, 6) is 2.35. The smallest absolute Gasteiger partial charge is 0.230 e. The van der Waals surface area contributed by atoms with Crippen molar-refractivity contribution in [2.75, 3.05) is 12.9 Å². The van der Waals surface area contributed by atoms with Crippen LogP contribution >= 0.6 is 11.8 Å². The van der Waals surface area contributed by atoms with Crippen molar-refractivity contribution in [1.29, 1.82) is 0 Å². The fourth-order valence-electron chi connectivity index (χ4n) is 2.51. The maximum atomic E-state index is 12.0. The molecular formula is C19H28N4O3S. The Morgan fingerprint density at radius 2 is 1.93 bits per heavy atom. The van der Waals surface area contributed by atoms with Gasteiger partial charge in [-0.3, -0.25) is 4.79 Å². The molecule has 0 aliphatic heterocycles. The minimum Gasteiger partial charge on any atom is -0.493 e. The summed E-state index contributed by atoms with van der Waals surface area (Å²) < 4.78 is 13.3. The molecule has 0 saturated heterocycles. The lowest BCUT2D eigenvalue weighted by atomic mass is 10.3. The number of methoxy groups -OCH3 is 1. The van der Waals surface area contributed by atoms with E-state index in [1.54, 1.807) is 7.11 Å². The fourth-order valence-corrected chi connectivity index (χ4v) is 3.33. The van der Waals surface area contributed by atoms with Crippen LogP contribution in [0.5, 0.6) is 11.5 Å². The van der Waals surface area contributed by atoms with Crippen molar-refractivity contribution < 1.29 is 14.3 Å². The van der Waals surface area contributed by atoms with Gasteiger partial charge in [0.15, 0.2) is 28.6 Å². The molecule has 2 unspecified atom stereocenters. The molecule has 2 atom stereocenters. The standard InChI is InChI=1S/C19H28N4O3S/c1-6-13(3)20-17(24)12-27-19-22-21-18(23(19)7-2)14(4)26-16-11-9-8-10-15(16)25-5/h8-11,13-14H,6-7,12H2,1-5H3,(H,20,24). The van der Waals surface area contributed by atoms with Gasteiger partial charge < -0.3 is 19.4 Å². The van der Waals surface area contributed by atoms with E-state index in [2.05, 4.69) is 15.5 Å². The van der Waals surface area contributed by atoms with E-state index in [-0.39, 0.29) is 18.1 Å². The van der Waals surface area contributed by atoms with Gasteiger partial charge in [-0.05, 0) is 39.3 Å². The van der Waals surface area contributed by atoms with Crippen LogP contribution in [0.15, 0.2) is 29.4 Å². The zero-order chi connectivity index (χ0) is 19.8. The van der Waals surface area contributed by atoms with Crippen LogP contribution in [0.4, 0.5) is 0 Å². The molecule has 1 aromatic heterocycles. The Hall–Kier alpha value is -2.22. The molecule has 8 heteroatoms. The van der Waals surface area contributed by atoms with Gasteiger partial charge in [-0.25, -0.2) is 0 Å². The van der Waals surface area contributed by atoms with Crippen LogP contribution in [0.3, 0.4) is 0 Å². The van der Waals surface area contributed by atoms with Crippen LogP contribution in [0.1, 0.15) is 46.0 Å². The van der Waals surface area contributed by atoms with Crippen LogP contribution in [-0.4, -0.2) is 39.6 Å². The average Bonchev–Trinajstić information content (AvgIpc) is 3.09. The van der Waals surface area contributed by atoms with Gasteiger partial charge in [0.1, 0.15) is 0 Å². The number of rotatable bonds is 10. The third-order valence-electron chi connectivity index (χ3n) is 4.15. The lowest BCUT2D eigenvalue weighted by Crippen LogP contribution is -2.33. The third kappa shape index (κ3) is 5.63. The Morgan fingerprint density at radius 3 is 2.56 bits per heavy atom. The molecule has 0 fully saturated rings. The normalized spacial score (nSPS) is 13.1. The van der Waals surface area contributed by atoms with Gasteiger partial charge in [-0.1, -0.05) is 30.8 Å². The van der Waals surface area contributed by atoms with Crippen molar-refractivity contribution in [1.82, 2.24) is 20.1 Å². The summed E-state index contributed by atoms with van der Waals surface area (Å²) in [5.41, 5.74) is 0. The number of aromatic nitrogens is 3. The number of hydrogen-bond donors (Lipinski definition) is 1. The number of amides is 1. The minimum absolute atomic E-state index is 0.000117. The molecule has 0 aliphatic carbocycles. The van der Waals surface area contributed by atoms with Crippen molar-refractivity contribution in [3.8, 4) is 11.5 Å². The van der Waals surface area contributed by atoms with Crippen molar-refractivity contribution in [3.05, 3.63) is 30.1 Å². The topological polar surface area (TPSA) is 78.3 Å². The molecule has 1 amide bonds. The molecule has 1 heterocycles. The molecule has 1 aromatic carbocycles. The van der Waals surface area contributed by atoms with E-state index in [4.69, 9.17) is 9.47 Å². The monoisotopic (exact) mass is 392 g/mol. The zero-order valence-electron chi connectivity index (χ0n) is 16.6. The largest absolute Gasteiger partial charge is 0.493 e. The number of benzene rings is 1. The van der Waals surface area contributed by atoms with E-state index in [1.165, 1.54) is 11.8 Å². The Morgan fingerprint density at radius 1 is 1.22 bits per heavy atom. The van der Waals surface area contributed by atoms with Crippen LogP contribution in [0, 0.1) is 0 Å². The summed E-state index contributed by atoms with van der Waals surface area (Å²) in [5, 5.41) is 12.2. The first-order chi connectivity index (χ1) is 13.0. The van der Waals surface area contributed by atoms with Gasteiger partial charge in [0, 0.05) is 12.6 Å². The summed E-state index contributed by atoms with van der Waals surface area (Å²) in [4.78, 5) is 12.0. The molecule has 7 nitrogen and oxygen atoms in total. The highest BCUT2D eigenvalue weighted by atomic mass is 32.2. The Balaban J connectivity index is 2.07. The Kier molecular flexibility index (Phi) is 7.97. The maximum absolute atomic E-state index is 12.0. The first-order valence-electron chi connectivity index (χ1n) is 9.15. The van der Waals surface area contributed by atoms with E-state index < -0.39 is 0 Å². The van der Waals surface area contributed by atoms with Crippen LogP contribution in [0.2, 0.25) is 0 Å². The molecule has 1 N–H and O–H groups in total. The maximum Gasteiger partial charge on any atom is 0.230 e. The van der Waals surface area contributed by atoms with Crippen molar-refractivity contribution in [2.45, 2.75) is 58.0 Å². The molecular weight excluding hydrogens is 364 g/mol. The second-order valence-electron chi connectivity index (χ2n) is 6.16. The van der Waals surface area contributed by atoms with Gasteiger partial charge in [0.2, 0.25) is 5.91 Å². The summed E-state index contributed by atoms with van der Waals surface area (Å²) >= 11 is 1.38. The second-order valence-corrected chi connectivity index (χ2v) is 7.10. The quantitative estimate of drug-likeness (QED) is 0.624. The van der Waals surface area contributed by atoms with E-state index in [9.17, 15) is 4.79 Å². The number of carbonyl (C=O) groups excluding carboxylic acids is 1. The molecule has 0 saturated carbocycles.